The lowest BCUT2D eigenvalue weighted by molar-refractivity contribution is -0.138. The highest BCUT2D eigenvalue weighted by Crippen LogP contribution is 2.41. The molecule has 1 aliphatic carbocycles. The van der Waals surface area contributed by atoms with Gasteiger partial charge < -0.3 is 0 Å². The average Bonchev–Trinajstić information content (AvgIpc) is 2.46. The zero-order valence-electron chi connectivity index (χ0n) is 9.43. The van der Waals surface area contributed by atoms with Gasteiger partial charge in [0.1, 0.15) is 0 Å². The summed E-state index contributed by atoms with van der Waals surface area (Å²) < 4.78 is 0. The molecule has 4 unspecified atom stereocenters. The predicted octanol–water partition coefficient (Wildman–Crippen LogP) is 1.45. The van der Waals surface area contributed by atoms with E-state index in [1.54, 1.807) is 7.05 Å². The van der Waals surface area contributed by atoms with E-state index >= 15 is 0 Å². The van der Waals surface area contributed by atoms with Crippen LogP contribution in [0.3, 0.4) is 0 Å². The average molecular weight is 207 g/mol. The van der Waals surface area contributed by atoms with Gasteiger partial charge in [-0.3, -0.25) is 14.5 Å². The third kappa shape index (κ3) is 1.33. The monoisotopic (exact) mass is 207 g/mol. The van der Waals surface area contributed by atoms with Crippen LogP contribution in [0.25, 0.3) is 0 Å². The van der Waals surface area contributed by atoms with Gasteiger partial charge in [0.05, 0.1) is 11.8 Å². The maximum absolute atomic E-state index is 11.9. The number of likely N-dealkylation sites (tertiary alicyclic amines) is 1. The van der Waals surface area contributed by atoms with Crippen molar-refractivity contribution in [2.24, 2.45) is 23.7 Å². The Labute approximate surface area is 90.1 Å². The third-order valence-electron chi connectivity index (χ3n) is 3.78. The minimum absolute atomic E-state index is 0.000278. The quantitative estimate of drug-likeness (QED) is 0.482. The Hall–Kier alpha value is -1.12. The van der Waals surface area contributed by atoms with E-state index in [-0.39, 0.29) is 35.5 Å². The van der Waals surface area contributed by atoms with Crippen LogP contribution in [0, 0.1) is 23.7 Å². The molecule has 2 amide bonds. The van der Waals surface area contributed by atoms with Crippen LogP contribution in [0.15, 0.2) is 12.2 Å². The summed E-state index contributed by atoms with van der Waals surface area (Å²) in [4.78, 5) is 25.1. The van der Waals surface area contributed by atoms with Crippen LogP contribution in [-0.4, -0.2) is 23.8 Å². The zero-order valence-corrected chi connectivity index (χ0v) is 9.43. The van der Waals surface area contributed by atoms with Crippen molar-refractivity contribution in [1.29, 1.82) is 0 Å². The molecule has 0 N–H and O–H groups in total. The number of hydrogen-bond donors (Lipinski definition) is 0. The molecule has 1 heterocycles. The molecule has 3 nitrogen and oxygen atoms in total. The number of carbonyl (C=O) groups is 2. The van der Waals surface area contributed by atoms with Crippen LogP contribution in [0.4, 0.5) is 0 Å². The standard InChI is InChI=1S/C12H17NO2/c1-4-8-6-5-7(2)9-10(8)12(15)13(3)11(9)14/h5-10H,4H2,1-3H3. The number of carbonyl (C=O) groups excluding carboxylic acids is 2. The van der Waals surface area contributed by atoms with E-state index in [9.17, 15) is 9.59 Å². The van der Waals surface area contributed by atoms with Crippen molar-refractivity contribution in [2.75, 3.05) is 7.05 Å². The molecule has 15 heavy (non-hydrogen) atoms. The molecule has 0 spiro atoms. The fraction of sp³-hybridized carbons (Fsp3) is 0.667. The summed E-state index contributed by atoms with van der Waals surface area (Å²) in [5.74, 6) is 0.227. The molecule has 0 radical (unpaired) electrons. The second kappa shape index (κ2) is 3.47. The summed E-state index contributed by atoms with van der Waals surface area (Å²) in [5, 5.41) is 0. The second-order valence-corrected chi connectivity index (χ2v) is 4.60. The van der Waals surface area contributed by atoms with E-state index in [1.807, 2.05) is 6.92 Å². The molecular formula is C12H17NO2. The van der Waals surface area contributed by atoms with E-state index in [2.05, 4.69) is 19.1 Å². The molecule has 1 fully saturated rings. The molecule has 0 aromatic heterocycles. The van der Waals surface area contributed by atoms with E-state index in [1.165, 1.54) is 4.90 Å². The predicted molar refractivity (Wildman–Crippen MR) is 56.8 cm³/mol. The molecular weight excluding hydrogens is 190 g/mol. The first-order valence-electron chi connectivity index (χ1n) is 5.57. The number of fused-ring (bicyclic) bond motifs is 1. The maximum atomic E-state index is 11.9. The van der Waals surface area contributed by atoms with Gasteiger partial charge in [0.15, 0.2) is 0 Å². The normalized spacial score (nSPS) is 39.8. The summed E-state index contributed by atoms with van der Waals surface area (Å²) in [7, 11) is 1.60. The van der Waals surface area contributed by atoms with E-state index in [0.717, 1.165) is 6.42 Å². The smallest absolute Gasteiger partial charge is 0.233 e. The van der Waals surface area contributed by atoms with Gasteiger partial charge in [0.2, 0.25) is 11.8 Å². The van der Waals surface area contributed by atoms with E-state index in [4.69, 9.17) is 0 Å². The first-order chi connectivity index (χ1) is 7.07. The molecule has 0 bridgehead atoms. The second-order valence-electron chi connectivity index (χ2n) is 4.60. The number of allylic oxidation sites excluding steroid dienone is 2. The van der Waals surface area contributed by atoms with Gasteiger partial charge >= 0.3 is 0 Å². The molecule has 0 saturated carbocycles. The van der Waals surface area contributed by atoms with Crippen molar-refractivity contribution in [2.45, 2.75) is 20.3 Å². The van der Waals surface area contributed by atoms with Crippen LogP contribution in [0.2, 0.25) is 0 Å². The Morgan fingerprint density at radius 2 is 1.80 bits per heavy atom. The van der Waals surface area contributed by atoms with Crippen LogP contribution in [0.5, 0.6) is 0 Å². The van der Waals surface area contributed by atoms with E-state index < -0.39 is 0 Å². The van der Waals surface area contributed by atoms with Crippen molar-refractivity contribution in [3.8, 4) is 0 Å². The number of imide groups is 1. The highest BCUT2D eigenvalue weighted by atomic mass is 16.2. The van der Waals surface area contributed by atoms with E-state index in [0.29, 0.717) is 0 Å². The van der Waals surface area contributed by atoms with Gasteiger partial charge in [0.25, 0.3) is 0 Å². The van der Waals surface area contributed by atoms with Crippen LogP contribution in [0.1, 0.15) is 20.3 Å². The van der Waals surface area contributed by atoms with Gasteiger partial charge in [-0.05, 0) is 18.3 Å². The SMILES string of the molecule is CCC1C=CC(C)C2C(=O)N(C)C(=O)C12. The van der Waals surface area contributed by atoms with Crippen LogP contribution in [-0.2, 0) is 9.59 Å². The minimum atomic E-state index is -0.113. The van der Waals surface area contributed by atoms with Crippen molar-refractivity contribution in [3.63, 3.8) is 0 Å². The minimum Gasteiger partial charge on any atom is -0.285 e. The Balaban J connectivity index is 2.39. The molecule has 1 aliphatic heterocycles. The number of hydrogen-bond acceptors (Lipinski definition) is 2. The van der Waals surface area contributed by atoms with Gasteiger partial charge in [-0.1, -0.05) is 26.0 Å². The molecule has 2 aliphatic rings. The fourth-order valence-electron chi connectivity index (χ4n) is 2.81. The molecule has 0 aromatic carbocycles. The lowest BCUT2D eigenvalue weighted by Crippen LogP contribution is -2.32. The topological polar surface area (TPSA) is 37.4 Å². The number of nitrogens with zero attached hydrogens (tertiary/aromatic N) is 1. The third-order valence-corrected chi connectivity index (χ3v) is 3.78. The molecule has 3 heteroatoms. The van der Waals surface area contributed by atoms with Gasteiger partial charge in [-0.2, -0.15) is 0 Å². The fourth-order valence-corrected chi connectivity index (χ4v) is 2.81. The number of amides is 2. The summed E-state index contributed by atoms with van der Waals surface area (Å²) in [5.41, 5.74) is 0. The molecule has 1 saturated heterocycles. The Morgan fingerprint density at radius 3 is 2.40 bits per heavy atom. The van der Waals surface area contributed by atoms with Crippen molar-refractivity contribution < 1.29 is 9.59 Å². The van der Waals surface area contributed by atoms with Gasteiger partial charge in [0, 0.05) is 7.05 Å². The Morgan fingerprint density at radius 1 is 1.20 bits per heavy atom. The maximum Gasteiger partial charge on any atom is 0.233 e. The van der Waals surface area contributed by atoms with Crippen LogP contribution < -0.4 is 0 Å². The highest BCUT2D eigenvalue weighted by molar-refractivity contribution is 6.05. The zero-order chi connectivity index (χ0) is 11.2. The Kier molecular flexibility index (Phi) is 2.41. The molecule has 82 valence electrons. The van der Waals surface area contributed by atoms with Gasteiger partial charge in [-0.15, -0.1) is 0 Å². The number of rotatable bonds is 1. The Bertz CT molecular complexity index is 335. The first-order valence-corrected chi connectivity index (χ1v) is 5.57. The molecule has 2 rings (SSSR count). The molecule has 0 aromatic rings. The largest absolute Gasteiger partial charge is 0.285 e. The van der Waals surface area contributed by atoms with Crippen LogP contribution >= 0.6 is 0 Å². The lowest BCUT2D eigenvalue weighted by Gasteiger charge is -2.29. The molecule has 4 atom stereocenters. The summed E-state index contributed by atoms with van der Waals surface area (Å²) >= 11 is 0. The van der Waals surface area contributed by atoms with Crippen molar-refractivity contribution in [3.05, 3.63) is 12.2 Å². The van der Waals surface area contributed by atoms with Crippen molar-refractivity contribution in [1.82, 2.24) is 4.90 Å². The lowest BCUT2D eigenvalue weighted by atomic mass is 9.71. The highest BCUT2D eigenvalue weighted by Gasteiger charge is 2.51. The summed E-state index contributed by atoms with van der Waals surface area (Å²) in [6, 6.07) is 0. The summed E-state index contributed by atoms with van der Waals surface area (Å²) in [6.07, 6.45) is 5.12. The first kappa shape index (κ1) is 10.4. The van der Waals surface area contributed by atoms with Gasteiger partial charge in [-0.25, -0.2) is 0 Å². The summed E-state index contributed by atoms with van der Waals surface area (Å²) in [6.45, 7) is 4.09. The van der Waals surface area contributed by atoms with Crippen molar-refractivity contribution >= 4 is 11.8 Å².